The molecule has 6 nitrogen and oxygen atoms in total. The van der Waals surface area contributed by atoms with Crippen LogP contribution < -0.4 is 5.32 Å². The molecule has 0 bridgehead atoms. The molecular formula is C15H22N2O4. The van der Waals surface area contributed by atoms with E-state index in [4.69, 9.17) is 9.57 Å². The second kappa shape index (κ2) is 7.08. The highest BCUT2D eigenvalue weighted by atomic mass is 16.7. The Morgan fingerprint density at radius 2 is 1.76 bits per heavy atom. The van der Waals surface area contributed by atoms with Crippen LogP contribution in [0.15, 0.2) is 24.3 Å². The van der Waals surface area contributed by atoms with E-state index >= 15 is 0 Å². The molecule has 2 amide bonds. The Balaban J connectivity index is 2.56. The molecule has 0 heterocycles. The molecule has 1 aromatic carbocycles. The Morgan fingerprint density at radius 3 is 2.24 bits per heavy atom. The number of alkyl carbamates (subject to hydrolysis) is 1. The molecule has 0 aliphatic rings. The summed E-state index contributed by atoms with van der Waals surface area (Å²) in [6, 6.07) is 6.91. The largest absolute Gasteiger partial charge is 0.444 e. The molecule has 0 aliphatic carbocycles. The third-order valence-electron chi connectivity index (χ3n) is 2.60. The predicted molar refractivity (Wildman–Crippen MR) is 78.6 cm³/mol. The van der Waals surface area contributed by atoms with E-state index in [1.165, 1.54) is 7.11 Å². The van der Waals surface area contributed by atoms with E-state index in [9.17, 15) is 9.59 Å². The molecule has 0 saturated heterocycles. The monoisotopic (exact) mass is 294 g/mol. The molecule has 116 valence electrons. The molecule has 6 heteroatoms. The first kappa shape index (κ1) is 17.0. The van der Waals surface area contributed by atoms with Gasteiger partial charge in [0.2, 0.25) is 0 Å². The molecule has 0 atom stereocenters. The molecule has 0 saturated carbocycles. The molecule has 0 unspecified atom stereocenters. The number of hydrogen-bond acceptors (Lipinski definition) is 4. The fourth-order valence-corrected chi connectivity index (χ4v) is 1.52. The summed E-state index contributed by atoms with van der Waals surface area (Å²) >= 11 is 0. The van der Waals surface area contributed by atoms with Crippen LogP contribution in [0.4, 0.5) is 4.79 Å². The highest BCUT2D eigenvalue weighted by Gasteiger charge is 2.16. The van der Waals surface area contributed by atoms with Crippen LogP contribution >= 0.6 is 0 Å². The summed E-state index contributed by atoms with van der Waals surface area (Å²) in [5, 5.41) is 3.80. The van der Waals surface area contributed by atoms with Crippen molar-refractivity contribution in [1.82, 2.24) is 10.4 Å². The number of benzene rings is 1. The molecule has 0 aromatic heterocycles. The summed E-state index contributed by atoms with van der Waals surface area (Å²) in [7, 11) is 2.97. The van der Waals surface area contributed by atoms with E-state index in [-0.39, 0.29) is 5.91 Å². The lowest BCUT2D eigenvalue weighted by Gasteiger charge is -2.19. The van der Waals surface area contributed by atoms with Crippen molar-refractivity contribution < 1.29 is 19.2 Å². The minimum Gasteiger partial charge on any atom is -0.444 e. The number of nitrogens with one attached hydrogen (secondary N) is 1. The van der Waals surface area contributed by atoms with Crippen molar-refractivity contribution in [2.75, 3.05) is 14.2 Å². The summed E-state index contributed by atoms with van der Waals surface area (Å²) in [5.41, 5.74) is 0.864. The zero-order valence-corrected chi connectivity index (χ0v) is 13.1. The number of ether oxygens (including phenoxy) is 1. The smallest absolute Gasteiger partial charge is 0.407 e. The minimum atomic E-state index is -0.523. The van der Waals surface area contributed by atoms with E-state index in [0.29, 0.717) is 12.1 Å². The van der Waals surface area contributed by atoms with Gasteiger partial charge in [-0.2, -0.15) is 0 Å². The first-order chi connectivity index (χ1) is 9.73. The third-order valence-corrected chi connectivity index (χ3v) is 2.60. The zero-order chi connectivity index (χ0) is 16.0. The highest BCUT2D eigenvalue weighted by molar-refractivity contribution is 5.93. The van der Waals surface area contributed by atoms with Gasteiger partial charge < -0.3 is 10.1 Å². The molecule has 0 spiro atoms. The van der Waals surface area contributed by atoms with Gasteiger partial charge in [0.15, 0.2) is 0 Å². The van der Waals surface area contributed by atoms with Crippen molar-refractivity contribution in [3.05, 3.63) is 35.4 Å². The lowest BCUT2D eigenvalue weighted by molar-refractivity contribution is -0.0757. The number of rotatable bonds is 4. The SMILES string of the molecule is CON(C)C(=O)c1ccc(CNC(=O)OC(C)(C)C)cc1. The minimum absolute atomic E-state index is 0.232. The first-order valence-corrected chi connectivity index (χ1v) is 6.61. The maximum atomic E-state index is 11.8. The van der Waals surface area contributed by atoms with E-state index in [1.54, 1.807) is 52.1 Å². The van der Waals surface area contributed by atoms with Crippen molar-refractivity contribution in [3.63, 3.8) is 0 Å². The average Bonchev–Trinajstić information content (AvgIpc) is 2.42. The van der Waals surface area contributed by atoms with Crippen LogP contribution in [-0.4, -0.2) is 36.8 Å². The summed E-state index contributed by atoms with van der Waals surface area (Å²) < 4.78 is 5.14. The quantitative estimate of drug-likeness (QED) is 0.866. The lowest BCUT2D eigenvalue weighted by atomic mass is 10.1. The van der Waals surface area contributed by atoms with Gasteiger partial charge in [-0.1, -0.05) is 12.1 Å². The van der Waals surface area contributed by atoms with Crippen LogP contribution in [-0.2, 0) is 16.1 Å². The number of amides is 2. The van der Waals surface area contributed by atoms with Gasteiger partial charge in [0.25, 0.3) is 5.91 Å². The maximum Gasteiger partial charge on any atom is 0.407 e. The predicted octanol–water partition coefficient (Wildman–Crippen LogP) is 2.34. The topological polar surface area (TPSA) is 67.9 Å². The number of carbonyl (C=O) groups excluding carboxylic acids is 2. The molecule has 1 N–H and O–H groups in total. The molecule has 21 heavy (non-hydrogen) atoms. The first-order valence-electron chi connectivity index (χ1n) is 6.61. The molecule has 0 radical (unpaired) electrons. The van der Waals surface area contributed by atoms with Crippen LogP contribution in [0.5, 0.6) is 0 Å². The molecular weight excluding hydrogens is 272 g/mol. The number of nitrogens with zero attached hydrogens (tertiary/aromatic N) is 1. The van der Waals surface area contributed by atoms with Gasteiger partial charge in [-0.25, -0.2) is 9.86 Å². The van der Waals surface area contributed by atoms with E-state index in [2.05, 4.69) is 5.32 Å². The lowest BCUT2D eigenvalue weighted by Crippen LogP contribution is -2.32. The van der Waals surface area contributed by atoms with Gasteiger partial charge in [-0.05, 0) is 38.5 Å². The second-order valence-electron chi connectivity index (χ2n) is 5.54. The fraction of sp³-hybridized carbons (Fsp3) is 0.467. The highest BCUT2D eigenvalue weighted by Crippen LogP contribution is 2.09. The summed E-state index contributed by atoms with van der Waals surface area (Å²) in [6.45, 7) is 5.75. The Morgan fingerprint density at radius 1 is 1.19 bits per heavy atom. The zero-order valence-electron chi connectivity index (χ0n) is 13.1. The van der Waals surface area contributed by atoms with Gasteiger partial charge in [0, 0.05) is 19.2 Å². The molecule has 0 aliphatic heterocycles. The second-order valence-corrected chi connectivity index (χ2v) is 5.54. The Labute approximate surface area is 125 Å². The van der Waals surface area contributed by atoms with E-state index in [0.717, 1.165) is 10.6 Å². The van der Waals surface area contributed by atoms with Crippen molar-refractivity contribution in [2.45, 2.75) is 32.9 Å². The summed E-state index contributed by atoms with van der Waals surface area (Å²) in [5.74, 6) is -0.232. The van der Waals surface area contributed by atoms with Gasteiger partial charge in [0.1, 0.15) is 5.60 Å². The molecule has 1 aromatic rings. The van der Waals surface area contributed by atoms with Crippen molar-refractivity contribution in [3.8, 4) is 0 Å². The van der Waals surface area contributed by atoms with Gasteiger partial charge in [0.05, 0.1) is 7.11 Å². The van der Waals surface area contributed by atoms with Gasteiger partial charge >= 0.3 is 6.09 Å². The van der Waals surface area contributed by atoms with Crippen LogP contribution in [0.1, 0.15) is 36.7 Å². The van der Waals surface area contributed by atoms with Crippen LogP contribution in [0, 0.1) is 0 Å². The van der Waals surface area contributed by atoms with E-state index in [1.807, 2.05) is 0 Å². The normalized spacial score (nSPS) is 10.9. The fourth-order valence-electron chi connectivity index (χ4n) is 1.52. The molecule has 0 fully saturated rings. The Kier molecular flexibility index (Phi) is 5.72. The molecule has 1 rings (SSSR count). The summed E-state index contributed by atoms with van der Waals surface area (Å²) in [4.78, 5) is 28.2. The van der Waals surface area contributed by atoms with Crippen molar-refractivity contribution >= 4 is 12.0 Å². The number of hydrogen-bond donors (Lipinski definition) is 1. The van der Waals surface area contributed by atoms with Crippen molar-refractivity contribution in [2.24, 2.45) is 0 Å². The number of carbonyl (C=O) groups is 2. The average molecular weight is 294 g/mol. The van der Waals surface area contributed by atoms with Gasteiger partial charge in [-0.3, -0.25) is 9.63 Å². The van der Waals surface area contributed by atoms with E-state index < -0.39 is 11.7 Å². The number of hydroxylamine groups is 2. The standard InChI is InChI=1S/C15H22N2O4/c1-15(2,3)21-14(19)16-10-11-6-8-12(9-7-11)13(18)17(4)20-5/h6-9H,10H2,1-5H3,(H,16,19). The van der Waals surface area contributed by atoms with Crippen LogP contribution in [0.2, 0.25) is 0 Å². The Bertz CT molecular complexity index is 491. The van der Waals surface area contributed by atoms with Gasteiger partial charge in [-0.15, -0.1) is 0 Å². The van der Waals surface area contributed by atoms with Crippen molar-refractivity contribution in [1.29, 1.82) is 0 Å². The Hall–Kier alpha value is -2.08. The maximum absolute atomic E-state index is 11.8. The van der Waals surface area contributed by atoms with Crippen LogP contribution in [0.3, 0.4) is 0 Å². The summed E-state index contributed by atoms with van der Waals surface area (Å²) in [6.07, 6.45) is -0.471. The van der Waals surface area contributed by atoms with Crippen LogP contribution in [0.25, 0.3) is 0 Å². The third kappa shape index (κ3) is 5.83.